The number of benzene rings is 1. The van der Waals surface area contributed by atoms with E-state index in [1.54, 1.807) is 20.4 Å². The van der Waals surface area contributed by atoms with Gasteiger partial charge < -0.3 is 20.1 Å². The molecule has 0 aliphatic rings. The minimum absolute atomic E-state index is 0. The van der Waals surface area contributed by atoms with Crippen LogP contribution in [0.15, 0.2) is 41.7 Å². The number of guanidine groups is 1. The van der Waals surface area contributed by atoms with E-state index in [0.717, 1.165) is 49.9 Å². The summed E-state index contributed by atoms with van der Waals surface area (Å²) in [6.45, 7) is 7.38. The van der Waals surface area contributed by atoms with Crippen molar-refractivity contribution >= 4 is 29.9 Å². The molecule has 2 aromatic rings. The molecule has 1 aromatic carbocycles. The maximum atomic E-state index is 5.65. The minimum atomic E-state index is 0. The molecule has 2 N–H and O–H groups in total. The second-order valence-corrected chi connectivity index (χ2v) is 6.73. The molecular formula is C21H34IN5O2. The number of aliphatic imine (C=N–C) groups is 1. The van der Waals surface area contributed by atoms with Crippen LogP contribution in [0.4, 0.5) is 0 Å². The van der Waals surface area contributed by atoms with E-state index in [1.165, 1.54) is 5.56 Å². The molecule has 0 aliphatic heterocycles. The third-order valence-electron chi connectivity index (χ3n) is 4.36. The quantitative estimate of drug-likeness (QED) is 0.208. The molecule has 1 unspecified atom stereocenters. The van der Waals surface area contributed by atoms with Gasteiger partial charge in [0.15, 0.2) is 17.5 Å². The molecule has 0 amide bonds. The summed E-state index contributed by atoms with van der Waals surface area (Å²) in [4.78, 5) is 4.30. The van der Waals surface area contributed by atoms with Crippen LogP contribution in [-0.2, 0) is 13.0 Å². The summed E-state index contributed by atoms with van der Waals surface area (Å²) in [6, 6.07) is 8.06. The number of ether oxygens (including phenoxy) is 2. The number of hydrogen-bond donors (Lipinski definition) is 2. The first-order chi connectivity index (χ1) is 13.7. The first-order valence-corrected chi connectivity index (χ1v) is 9.87. The monoisotopic (exact) mass is 515 g/mol. The summed E-state index contributed by atoms with van der Waals surface area (Å²) < 4.78 is 12.9. The normalized spacial score (nSPS) is 12.1. The van der Waals surface area contributed by atoms with E-state index < -0.39 is 0 Å². The lowest BCUT2D eigenvalue weighted by Crippen LogP contribution is -2.40. The SMILES string of the molecule is CCOc1cc(CCCNC(=NC)NCC(C)Cn2cccn2)ccc1OC.I. The summed E-state index contributed by atoms with van der Waals surface area (Å²) >= 11 is 0. The molecule has 7 nitrogen and oxygen atoms in total. The molecule has 8 heteroatoms. The Hall–Kier alpha value is -1.97. The second-order valence-electron chi connectivity index (χ2n) is 6.73. The molecule has 0 aliphatic carbocycles. The number of rotatable bonds is 11. The topological polar surface area (TPSA) is 72.7 Å². The van der Waals surface area contributed by atoms with Crippen molar-refractivity contribution in [2.24, 2.45) is 10.9 Å². The van der Waals surface area contributed by atoms with E-state index >= 15 is 0 Å². The van der Waals surface area contributed by atoms with Gasteiger partial charge in [0.25, 0.3) is 0 Å². The van der Waals surface area contributed by atoms with Crippen molar-refractivity contribution < 1.29 is 9.47 Å². The van der Waals surface area contributed by atoms with Gasteiger partial charge in [-0.3, -0.25) is 9.67 Å². The molecular weight excluding hydrogens is 481 g/mol. The number of hydrogen-bond acceptors (Lipinski definition) is 4. The van der Waals surface area contributed by atoms with Crippen LogP contribution in [0.3, 0.4) is 0 Å². The maximum Gasteiger partial charge on any atom is 0.190 e. The van der Waals surface area contributed by atoms with Crippen LogP contribution in [0, 0.1) is 5.92 Å². The Bertz CT molecular complexity index is 722. The Morgan fingerprint density at radius 3 is 2.76 bits per heavy atom. The summed E-state index contributed by atoms with van der Waals surface area (Å²) in [7, 11) is 3.46. The Kier molecular flexibility index (Phi) is 12.2. The zero-order chi connectivity index (χ0) is 20.2. The third kappa shape index (κ3) is 8.93. The molecule has 0 saturated heterocycles. The van der Waals surface area contributed by atoms with Gasteiger partial charge in [0, 0.05) is 39.1 Å². The van der Waals surface area contributed by atoms with Crippen LogP contribution in [0.2, 0.25) is 0 Å². The summed E-state index contributed by atoms with van der Waals surface area (Å²) in [5, 5.41) is 11.0. The average molecular weight is 515 g/mol. The lowest BCUT2D eigenvalue weighted by atomic mass is 10.1. The zero-order valence-electron chi connectivity index (χ0n) is 17.9. The van der Waals surface area contributed by atoms with Gasteiger partial charge >= 0.3 is 0 Å². The van der Waals surface area contributed by atoms with E-state index in [2.05, 4.69) is 39.8 Å². The number of methoxy groups -OCH3 is 1. The Morgan fingerprint density at radius 2 is 2.10 bits per heavy atom. The van der Waals surface area contributed by atoms with Gasteiger partial charge in [-0.25, -0.2) is 0 Å². The minimum Gasteiger partial charge on any atom is -0.493 e. The molecule has 1 atom stereocenters. The predicted octanol–water partition coefficient (Wildman–Crippen LogP) is 3.34. The van der Waals surface area contributed by atoms with Crippen molar-refractivity contribution in [2.45, 2.75) is 33.2 Å². The van der Waals surface area contributed by atoms with E-state index in [-0.39, 0.29) is 24.0 Å². The van der Waals surface area contributed by atoms with E-state index in [1.807, 2.05) is 29.9 Å². The van der Waals surface area contributed by atoms with Crippen LogP contribution in [0.25, 0.3) is 0 Å². The number of nitrogens with one attached hydrogen (secondary N) is 2. The van der Waals surface area contributed by atoms with Crippen molar-refractivity contribution in [3.63, 3.8) is 0 Å². The van der Waals surface area contributed by atoms with E-state index in [0.29, 0.717) is 12.5 Å². The largest absolute Gasteiger partial charge is 0.493 e. The smallest absolute Gasteiger partial charge is 0.190 e. The van der Waals surface area contributed by atoms with Crippen LogP contribution in [-0.4, -0.2) is 49.6 Å². The van der Waals surface area contributed by atoms with Crippen LogP contribution in [0.1, 0.15) is 25.8 Å². The van der Waals surface area contributed by atoms with Crippen molar-refractivity contribution in [3.05, 3.63) is 42.2 Å². The molecule has 162 valence electrons. The molecule has 0 saturated carbocycles. The third-order valence-corrected chi connectivity index (χ3v) is 4.36. The fourth-order valence-electron chi connectivity index (χ4n) is 2.93. The highest BCUT2D eigenvalue weighted by molar-refractivity contribution is 14.0. The Balaban J connectivity index is 0.00000420. The lowest BCUT2D eigenvalue weighted by molar-refractivity contribution is 0.310. The van der Waals surface area contributed by atoms with E-state index in [4.69, 9.17) is 9.47 Å². The first-order valence-electron chi connectivity index (χ1n) is 9.87. The highest BCUT2D eigenvalue weighted by atomic mass is 127. The first kappa shape index (κ1) is 25.1. The highest BCUT2D eigenvalue weighted by Gasteiger charge is 2.07. The summed E-state index contributed by atoms with van der Waals surface area (Å²) in [5.74, 6) is 2.86. The number of aryl methyl sites for hydroxylation is 1. The Morgan fingerprint density at radius 1 is 1.28 bits per heavy atom. The van der Waals surface area contributed by atoms with Gasteiger partial charge in [-0.15, -0.1) is 24.0 Å². The second kappa shape index (κ2) is 14.1. The lowest BCUT2D eigenvalue weighted by Gasteiger charge is -2.16. The van der Waals surface area contributed by atoms with Crippen molar-refractivity contribution in [3.8, 4) is 11.5 Å². The fourth-order valence-corrected chi connectivity index (χ4v) is 2.93. The Labute approximate surface area is 191 Å². The van der Waals surface area contributed by atoms with Crippen LogP contribution < -0.4 is 20.1 Å². The standard InChI is InChI=1S/C21H33N5O2.HI/c1-5-28-20-14-18(9-10-19(20)27-4)8-6-11-23-21(22-3)24-15-17(2)16-26-13-7-12-25-26;/h7,9-10,12-14,17H,5-6,8,11,15-16H2,1-4H3,(H2,22,23,24);1H. The number of aromatic nitrogens is 2. The molecule has 0 radical (unpaired) electrons. The molecule has 1 heterocycles. The van der Waals surface area contributed by atoms with Crippen LogP contribution >= 0.6 is 24.0 Å². The highest BCUT2D eigenvalue weighted by Crippen LogP contribution is 2.28. The van der Waals surface area contributed by atoms with E-state index in [9.17, 15) is 0 Å². The van der Waals surface area contributed by atoms with Crippen molar-refractivity contribution in [1.82, 2.24) is 20.4 Å². The maximum absolute atomic E-state index is 5.65. The summed E-state index contributed by atoms with van der Waals surface area (Å²) in [5.41, 5.74) is 1.24. The van der Waals surface area contributed by atoms with Gasteiger partial charge in [0.05, 0.1) is 13.7 Å². The molecule has 0 bridgehead atoms. The number of nitrogens with zero attached hydrogens (tertiary/aromatic N) is 3. The molecule has 2 rings (SSSR count). The van der Waals surface area contributed by atoms with Crippen molar-refractivity contribution in [1.29, 1.82) is 0 Å². The molecule has 1 aromatic heterocycles. The van der Waals surface area contributed by atoms with Gasteiger partial charge in [-0.2, -0.15) is 5.10 Å². The van der Waals surface area contributed by atoms with Crippen LogP contribution in [0.5, 0.6) is 11.5 Å². The van der Waals surface area contributed by atoms with Gasteiger partial charge in [-0.05, 0) is 49.4 Å². The van der Waals surface area contributed by atoms with Gasteiger partial charge in [-0.1, -0.05) is 13.0 Å². The molecule has 0 spiro atoms. The number of halogens is 1. The molecule has 0 fully saturated rings. The summed E-state index contributed by atoms with van der Waals surface area (Å²) in [6.07, 6.45) is 5.76. The van der Waals surface area contributed by atoms with Gasteiger partial charge in [0.1, 0.15) is 0 Å². The predicted molar refractivity (Wildman–Crippen MR) is 129 cm³/mol. The zero-order valence-corrected chi connectivity index (χ0v) is 20.2. The average Bonchev–Trinajstić information content (AvgIpc) is 3.21. The van der Waals surface area contributed by atoms with Gasteiger partial charge in [0.2, 0.25) is 0 Å². The molecule has 29 heavy (non-hydrogen) atoms. The fraction of sp³-hybridized carbons (Fsp3) is 0.524. The van der Waals surface area contributed by atoms with Crippen molar-refractivity contribution in [2.75, 3.05) is 33.9 Å².